The van der Waals surface area contributed by atoms with E-state index >= 15 is 0 Å². The highest BCUT2D eigenvalue weighted by atomic mass is 35.5. The van der Waals surface area contributed by atoms with Gasteiger partial charge in [0.25, 0.3) is 0 Å². The van der Waals surface area contributed by atoms with Crippen LogP contribution in [-0.2, 0) is 0 Å². The molecule has 0 aliphatic heterocycles. The van der Waals surface area contributed by atoms with Crippen molar-refractivity contribution in [2.75, 3.05) is 21.1 Å². The van der Waals surface area contributed by atoms with Crippen LogP contribution in [-0.4, -0.2) is 54.2 Å². The van der Waals surface area contributed by atoms with Crippen LogP contribution < -0.4 is 15.4 Å². The number of fused-ring (bicyclic) bond motifs is 1. The van der Waals surface area contributed by atoms with Gasteiger partial charge < -0.3 is 25.4 Å². The molecule has 182 valence electrons. The van der Waals surface area contributed by atoms with Gasteiger partial charge in [-0.1, -0.05) is 29.8 Å². The summed E-state index contributed by atoms with van der Waals surface area (Å²) in [6.45, 7) is 1.86. The van der Waals surface area contributed by atoms with E-state index in [-0.39, 0.29) is 11.3 Å². The third-order valence-corrected chi connectivity index (χ3v) is 5.39. The van der Waals surface area contributed by atoms with Crippen LogP contribution in [0.25, 0.3) is 10.9 Å². The van der Waals surface area contributed by atoms with E-state index in [1.54, 1.807) is 63.9 Å². The number of pyridine rings is 1. The lowest BCUT2D eigenvalue weighted by Crippen LogP contribution is -2.38. The molecule has 0 aliphatic rings. The van der Waals surface area contributed by atoms with Crippen molar-refractivity contribution in [2.45, 2.75) is 13.0 Å². The number of halogens is 1. The number of ether oxygens (including phenoxy) is 1. The maximum absolute atomic E-state index is 12.6. The first kappa shape index (κ1) is 25.5. The molecule has 1 atom stereocenters. The van der Waals surface area contributed by atoms with E-state index < -0.39 is 18.1 Å². The minimum Gasteiger partial charge on any atom is -0.478 e. The van der Waals surface area contributed by atoms with Gasteiger partial charge in [0.1, 0.15) is 5.52 Å². The van der Waals surface area contributed by atoms with E-state index in [9.17, 15) is 14.7 Å². The Morgan fingerprint density at radius 2 is 1.94 bits per heavy atom. The molecule has 0 spiro atoms. The van der Waals surface area contributed by atoms with Crippen LogP contribution in [0.15, 0.2) is 65.9 Å². The SMILES string of the molecule is C/C=C\NC(=NC)NC(c1ccc(C(=O)O)cc1)c1cc(Cl)c2cccnc2c1OC(=O)N(C)C. The summed E-state index contributed by atoms with van der Waals surface area (Å²) in [6, 6.07) is 11.0. The summed E-state index contributed by atoms with van der Waals surface area (Å²) in [5.74, 6) is -0.382. The molecule has 1 heterocycles. The molecule has 35 heavy (non-hydrogen) atoms. The number of amides is 1. The zero-order valence-electron chi connectivity index (χ0n) is 19.7. The van der Waals surface area contributed by atoms with E-state index in [1.807, 2.05) is 13.0 Å². The van der Waals surface area contributed by atoms with E-state index in [0.29, 0.717) is 33.0 Å². The molecule has 0 bridgehead atoms. The lowest BCUT2D eigenvalue weighted by Gasteiger charge is -2.25. The van der Waals surface area contributed by atoms with Gasteiger partial charge in [0.2, 0.25) is 0 Å². The molecule has 1 unspecified atom stereocenters. The van der Waals surface area contributed by atoms with Gasteiger partial charge in [-0.2, -0.15) is 0 Å². The Hall–Kier alpha value is -4.11. The number of carbonyl (C=O) groups excluding carboxylic acids is 1. The predicted octanol–water partition coefficient (Wildman–Crippen LogP) is 4.43. The molecule has 10 heteroatoms. The van der Waals surface area contributed by atoms with Crippen molar-refractivity contribution in [1.82, 2.24) is 20.5 Å². The zero-order valence-corrected chi connectivity index (χ0v) is 20.5. The predicted molar refractivity (Wildman–Crippen MR) is 136 cm³/mol. The largest absolute Gasteiger partial charge is 0.478 e. The average Bonchev–Trinajstić information content (AvgIpc) is 2.86. The highest BCUT2D eigenvalue weighted by Gasteiger charge is 2.26. The molecule has 0 saturated carbocycles. The second-order valence-corrected chi connectivity index (χ2v) is 8.07. The van der Waals surface area contributed by atoms with E-state index in [0.717, 1.165) is 0 Å². The number of carbonyl (C=O) groups is 2. The average molecular weight is 496 g/mol. The molecule has 3 N–H and O–H groups in total. The van der Waals surface area contributed by atoms with Crippen molar-refractivity contribution in [2.24, 2.45) is 4.99 Å². The number of aromatic carboxylic acids is 1. The number of carboxylic acid groups (broad SMARTS) is 1. The molecule has 0 fully saturated rings. The Labute approximate surface area is 208 Å². The Balaban J connectivity index is 2.26. The Morgan fingerprint density at radius 1 is 1.23 bits per heavy atom. The first-order valence-corrected chi connectivity index (χ1v) is 11.0. The van der Waals surface area contributed by atoms with Crippen molar-refractivity contribution >= 4 is 40.5 Å². The molecule has 3 aromatic rings. The summed E-state index contributed by atoms with van der Waals surface area (Å²) in [4.78, 5) is 34.0. The number of guanidine groups is 1. The minimum absolute atomic E-state index is 0.140. The number of allylic oxidation sites excluding steroid dienone is 1. The number of carboxylic acids is 1. The smallest absolute Gasteiger partial charge is 0.414 e. The van der Waals surface area contributed by atoms with Crippen LogP contribution in [0, 0.1) is 0 Å². The van der Waals surface area contributed by atoms with E-state index in [2.05, 4.69) is 20.6 Å². The number of benzene rings is 2. The molecule has 3 rings (SSSR count). The number of rotatable bonds is 6. The molecule has 9 nitrogen and oxygen atoms in total. The molecule has 0 saturated heterocycles. The molecule has 1 amide bonds. The standard InChI is InChI=1S/C25H26ClN5O4/c1-5-12-29-24(27-2)30-20(15-8-10-16(11-9-15)23(32)33)18-14-19(26)17-7-6-13-28-21(17)22(18)35-25(34)31(3)4/h5-14,20H,1-4H3,(H,32,33)(H2,27,29,30)/b12-5-. The third kappa shape index (κ3) is 5.88. The van der Waals surface area contributed by atoms with Crippen LogP contribution in [0.4, 0.5) is 4.79 Å². The van der Waals surface area contributed by atoms with Gasteiger partial charge in [0.05, 0.1) is 16.6 Å². The van der Waals surface area contributed by atoms with Crippen molar-refractivity contribution in [3.05, 3.63) is 82.7 Å². The Bertz CT molecular complexity index is 1290. The van der Waals surface area contributed by atoms with Crippen LogP contribution in [0.3, 0.4) is 0 Å². The van der Waals surface area contributed by atoms with Gasteiger partial charge in [-0.25, -0.2) is 9.59 Å². The number of nitrogens with one attached hydrogen (secondary N) is 2. The third-order valence-electron chi connectivity index (χ3n) is 5.07. The van der Waals surface area contributed by atoms with Crippen LogP contribution in [0.2, 0.25) is 5.02 Å². The van der Waals surface area contributed by atoms with Crippen LogP contribution >= 0.6 is 11.6 Å². The van der Waals surface area contributed by atoms with Gasteiger partial charge in [-0.05, 0) is 49.0 Å². The zero-order chi connectivity index (χ0) is 25.5. The summed E-state index contributed by atoms with van der Waals surface area (Å²) in [5, 5.41) is 16.7. The summed E-state index contributed by atoms with van der Waals surface area (Å²) in [5.41, 5.74) is 1.76. The van der Waals surface area contributed by atoms with Crippen molar-refractivity contribution in [3.8, 4) is 5.75 Å². The monoisotopic (exact) mass is 495 g/mol. The molecule has 0 radical (unpaired) electrons. The molecular formula is C25H26ClN5O4. The summed E-state index contributed by atoms with van der Waals surface area (Å²) >= 11 is 6.63. The molecular weight excluding hydrogens is 470 g/mol. The van der Waals surface area contributed by atoms with Gasteiger partial charge >= 0.3 is 12.1 Å². The Kier molecular flexibility index (Phi) is 8.27. The summed E-state index contributed by atoms with van der Waals surface area (Å²) in [6.07, 6.45) is 4.52. The molecule has 1 aromatic heterocycles. The second-order valence-electron chi connectivity index (χ2n) is 7.66. The highest BCUT2D eigenvalue weighted by Crippen LogP contribution is 2.39. The van der Waals surface area contributed by atoms with Gasteiger partial charge in [0.15, 0.2) is 11.7 Å². The van der Waals surface area contributed by atoms with Gasteiger partial charge in [-0.15, -0.1) is 0 Å². The fraction of sp³-hybridized carbons (Fsp3) is 0.200. The quantitative estimate of drug-likeness (QED) is 0.342. The van der Waals surface area contributed by atoms with Crippen LogP contribution in [0.5, 0.6) is 5.75 Å². The molecule has 0 aliphatic carbocycles. The van der Waals surface area contributed by atoms with Gasteiger partial charge in [-0.3, -0.25) is 9.98 Å². The lowest BCUT2D eigenvalue weighted by molar-refractivity contribution is 0.0696. The first-order valence-electron chi connectivity index (χ1n) is 10.7. The van der Waals surface area contributed by atoms with Crippen molar-refractivity contribution in [3.63, 3.8) is 0 Å². The fourth-order valence-electron chi connectivity index (χ4n) is 3.32. The number of aliphatic imine (C=N–C) groups is 1. The van der Waals surface area contributed by atoms with Gasteiger partial charge in [0, 0.05) is 38.3 Å². The van der Waals surface area contributed by atoms with Crippen molar-refractivity contribution in [1.29, 1.82) is 0 Å². The molecule has 2 aromatic carbocycles. The van der Waals surface area contributed by atoms with Crippen LogP contribution in [0.1, 0.15) is 34.5 Å². The summed E-state index contributed by atoms with van der Waals surface area (Å²) < 4.78 is 5.79. The highest BCUT2D eigenvalue weighted by molar-refractivity contribution is 6.35. The number of hydrogen-bond donors (Lipinski definition) is 3. The number of nitrogens with zero attached hydrogens (tertiary/aromatic N) is 3. The van der Waals surface area contributed by atoms with E-state index in [4.69, 9.17) is 16.3 Å². The second kappa shape index (κ2) is 11.3. The topological polar surface area (TPSA) is 116 Å². The van der Waals surface area contributed by atoms with E-state index in [1.165, 1.54) is 17.0 Å². The number of aromatic nitrogens is 1. The summed E-state index contributed by atoms with van der Waals surface area (Å²) in [7, 11) is 4.78. The normalized spacial score (nSPS) is 12.4. The maximum Gasteiger partial charge on any atom is 0.414 e. The lowest BCUT2D eigenvalue weighted by atomic mass is 9.95. The van der Waals surface area contributed by atoms with Crippen molar-refractivity contribution < 1.29 is 19.4 Å². The Morgan fingerprint density at radius 3 is 2.54 bits per heavy atom. The first-order chi connectivity index (χ1) is 16.8. The number of hydrogen-bond acceptors (Lipinski definition) is 5. The fourth-order valence-corrected chi connectivity index (χ4v) is 3.59. The maximum atomic E-state index is 12.6. The minimum atomic E-state index is -1.04.